The lowest BCUT2D eigenvalue weighted by Gasteiger charge is -2.08. The van der Waals surface area contributed by atoms with Crippen molar-refractivity contribution in [1.29, 1.82) is 0 Å². The van der Waals surface area contributed by atoms with Crippen LogP contribution in [0.25, 0.3) is 0 Å². The highest BCUT2D eigenvalue weighted by atomic mass is 16.6. The molecule has 9 nitrogen and oxygen atoms in total. The molecule has 1 aromatic rings. The zero-order valence-corrected chi connectivity index (χ0v) is 16.6. The van der Waals surface area contributed by atoms with Crippen molar-refractivity contribution in [3.05, 3.63) is 11.9 Å². The predicted octanol–water partition coefficient (Wildman–Crippen LogP) is 1.04. The summed E-state index contributed by atoms with van der Waals surface area (Å²) in [5, 5.41) is 7.85. The fraction of sp³-hybridized carbons (Fsp3) is 0.833. The van der Waals surface area contributed by atoms with E-state index in [-0.39, 0.29) is 5.78 Å². The number of Topliss-reactive ketones (excluding diaryl/α,β-unsaturated/α-hetero) is 1. The monoisotopic (exact) mass is 387 g/mol. The molecule has 0 aromatic carbocycles. The minimum atomic E-state index is 0.222. The van der Waals surface area contributed by atoms with Gasteiger partial charge in [-0.05, 0) is 6.92 Å². The molecule has 9 heteroatoms. The molecule has 156 valence electrons. The Hall–Kier alpha value is -1.39. The minimum absolute atomic E-state index is 0.222. The van der Waals surface area contributed by atoms with Crippen LogP contribution >= 0.6 is 0 Å². The predicted molar refractivity (Wildman–Crippen MR) is 98.8 cm³/mol. The largest absolute Gasteiger partial charge is 0.379 e. The first-order chi connectivity index (χ1) is 13.2. The van der Waals surface area contributed by atoms with Gasteiger partial charge in [-0.2, -0.15) is 0 Å². The summed E-state index contributed by atoms with van der Waals surface area (Å²) in [6.07, 6.45) is 2.92. The Kier molecular flexibility index (Phi) is 14.7. The molecule has 1 aromatic heterocycles. The second kappa shape index (κ2) is 16.8. The van der Waals surface area contributed by atoms with Crippen LogP contribution in [0.4, 0.5) is 0 Å². The molecule has 0 radical (unpaired) electrons. The van der Waals surface area contributed by atoms with Gasteiger partial charge in [-0.3, -0.25) is 4.79 Å². The van der Waals surface area contributed by atoms with E-state index in [4.69, 9.17) is 23.7 Å². The van der Waals surface area contributed by atoms with E-state index in [9.17, 15) is 4.79 Å². The highest BCUT2D eigenvalue weighted by Gasteiger charge is 1.98. The fourth-order valence-corrected chi connectivity index (χ4v) is 2.01. The minimum Gasteiger partial charge on any atom is -0.379 e. The van der Waals surface area contributed by atoms with Gasteiger partial charge in [0, 0.05) is 19.0 Å². The molecular weight excluding hydrogens is 354 g/mol. The van der Waals surface area contributed by atoms with E-state index >= 15 is 0 Å². The third kappa shape index (κ3) is 14.3. The second-order valence-corrected chi connectivity index (χ2v) is 5.83. The summed E-state index contributed by atoms with van der Waals surface area (Å²) in [5.41, 5.74) is 0.900. The summed E-state index contributed by atoms with van der Waals surface area (Å²) in [5.74, 6) is 0.222. The standard InChI is InChI=1S/C18H33N3O6/c1-3-18(22)4-6-23-8-10-25-12-14-27-15-13-26-11-9-24-7-5-21-16-17(2)19-20-21/h16H,3-15H2,1-2H3. The van der Waals surface area contributed by atoms with Gasteiger partial charge in [0.25, 0.3) is 0 Å². The van der Waals surface area contributed by atoms with Crippen LogP contribution < -0.4 is 0 Å². The quantitative estimate of drug-likeness (QED) is 0.325. The van der Waals surface area contributed by atoms with Crippen molar-refractivity contribution in [2.45, 2.75) is 33.2 Å². The summed E-state index contributed by atoms with van der Waals surface area (Å²) >= 11 is 0. The number of carbonyl (C=O) groups excluding carboxylic acids is 1. The number of ether oxygens (including phenoxy) is 5. The number of nitrogens with zero attached hydrogens (tertiary/aromatic N) is 3. The maximum atomic E-state index is 11.1. The summed E-state index contributed by atoms with van der Waals surface area (Å²) < 4.78 is 28.7. The van der Waals surface area contributed by atoms with E-state index in [1.54, 1.807) is 4.68 Å². The molecule has 1 heterocycles. The molecule has 0 aliphatic heterocycles. The average Bonchev–Trinajstić information content (AvgIpc) is 3.09. The zero-order chi connectivity index (χ0) is 19.6. The Labute approximate surface area is 161 Å². The van der Waals surface area contributed by atoms with Gasteiger partial charge in [0.1, 0.15) is 5.78 Å². The molecule has 0 bridgehead atoms. The van der Waals surface area contributed by atoms with Crippen molar-refractivity contribution in [3.63, 3.8) is 0 Å². The molecule has 27 heavy (non-hydrogen) atoms. The Morgan fingerprint density at radius 2 is 1.33 bits per heavy atom. The molecule has 0 aliphatic rings. The van der Waals surface area contributed by atoms with E-state index in [2.05, 4.69) is 10.3 Å². The average molecular weight is 387 g/mol. The normalized spacial score (nSPS) is 11.2. The Morgan fingerprint density at radius 1 is 0.852 bits per heavy atom. The lowest BCUT2D eigenvalue weighted by atomic mass is 10.2. The first-order valence-corrected chi connectivity index (χ1v) is 9.49. The molecule has 0 N–H and O–H groups in total. The molecule has 0 amide bonds. The number of ketones is 1. The van der Waals surface area contributed by atoms with Crippen molar-refractivity contribution < 1.29 is 28.5 Å². The van der Waals surface area contributed by atoms with Gasteiger partial charge < -0.3 is 23.7 Å². The molecule has 0 aliphatic carbocycles. The third-order valence-electron chi connectivity index (χ3n) is 3.53. The van der Waals surface area contributed by atoms with Crippen LogP contribution in [0.1, 0.15) is 25.5 Å². The third-order valence-corrected chi connectivity index (χ3v) is 3.53. The van der Waals surface area contributed by atoms with Crippen molar-refractivity contribution >= 4 is 5.78 Å². The Bertz CT molecular complexity index is 483. The SMILES string of the molecule is CCC(=O)CCOCCOCCOCCOCCOCCn1cc(C)nn1. The number of carbonyl (C=O) groups is 1. The van der Waals surface area contributed by atoms with Crippen molar-refractivity contribution in [2.24, 2.45) is 0 Å². The second-order valence-electron chi connectivity index (χ2n) is 5.83. The van der Waals surface area contributed by atoms with Gasteiger partial charge in [-0.25, -0.2) is 4.68 Å². The van der Waals surface area contributed by atoms with Crippen molar-refractivity contribution in [2.75, 3.05) is 66.1 Å². The van der Waals surface area contributed by atoms with Gasteiger partial charge in [0.15, 0.2) is 0 Å². The van der Waals surface area contributed by atoms with Crippen molar-refractivity contribution in [3.8, 4) is 0 Å². The number of aromatic nitrogens is 3. The topological polar surface area (TPSA) is 93.9 Å². The molecule has 1 rings (SSSR count). The zero-order valence-electron chi connectivity index (χ0n) is 16.6. The Morgan fingerprint density at radius 3 is 1.78 bits per heavy atom. The fourth-order valence-electron chi connectivity index (χ4n) is 2.01. The summed E-state index contributed by atoms with van der Waals surface area (Å²) in [6.45, 7) is 9.66. The van der Waals surface area contributed by atoms with Gasteiger partial charge in [0.05, 0.1) is 78.3 Å². The van der Waals surface area contributed by atoms with E-state index in [0.717, 1.165) is 5.69 Å². The van der Waals surface area contributed by atoms with Gasteiger partial charge >= 0.3 is 0 Å². The number of hydrogen-bond acceptors (Lipinski definition) is 8. The van der Waals surface area contributed by atoms with Crippen LogP contribution in [0.15, 0.2) is 6.20 Å². The maximum Gasteiger partial charge on any atom is 0.134 e. The molecule has 0 saturated carbocycles. The van der Waals surface area contributed by atoms with Crippen LogP contribution in [0.3, 0.4) is 0 Å². The number of hydrogen-bond donors (Lipinski definition) is 0. The Balaban J connectivity index is 1.70. The first kappa shape index (κ1) is 23.6. The maximum absolute atomic E-state index is 11.1. The molecule has 0 saturated heterocycles. The van der Waals surface area contributed by atoms with Crippen LogP contribution in [0, 0.1) is 6.92 Å². The molecule has 0 unspecified atom stereocenters. The summed E-state index contributed by atoms with van der Waals surface area (Å²) in [6, 6.07) is 0. The lowest BCUT2D eigenvalue weighted by Crippen LogP contribution is -2.14. The van der Waals surface area contributed by atoms with Gasteiger partial charge in [0.2, 0.25) is 0 Å². The van der Waals surface area contributed by atoms with E-state index < -0.39 is 0 Å². The summed E-state index contributed by atoms with van der Waals surface area (Å²) in [7, 11) is 0. The smallest absolute Gasteiger partial charge is 0.134 e. The first-order valence-electron chi connectivity index (χ1n) is 9.49. The van der Waals surface area contributed by atoms with Crippen molar-refractivity contribution in [1.82, 2.24) is 15.0 Å². The number of aryl methyl sites for hydroxylation is 1. The summed E-state index contributed by atoms with van der Waals surface area (Å²) in [4.78, 5) is 11.1. The highest BCUT2D eigenvalue weighted by molar-refractivity contribution is 5.78. The highest BCUT2D eigenvalue weighted by Crippen LogP contribution is 1.91. The van der Waals surface area contributed by atoms with Crippen LogP contribution in [-0.2, 0) is 35.0 Å². The van der Waals surface area contributed by atoms with E-state index in [1.807, 2.05) is 20.0 Å². The van der Waals surface area contributed by atoms with Crippen LogP contribution in [-0.4, -0.2) is 86.8 Å². The van der Waals surface area contributed by atoms with E-state index in [1.165, 1.54) is 0 Å². The molecular formula is C18H33N3O6. The number of rotatable bonds is 19. The van der Waals surface area contributed by atoms with Crippen LogP contribution in [0.5, 0.6) is 0 Å². The van der Waals surface area contributed by atoms with Gasteiger partial charge in [-0.1, -0.05) is 12.1 Å². The van der Waals surface area contributed by atoms with E-state index in [0.29, 0.717) is 85.5 Å². The van der Waals surface area contributed by atoms with Gasteiger partial charge in [-0.15, -0.1) is 5.10 Å². The molecule has 0 fully saturated rings. The van der Waals surface area contributed by atoms with Crippen LogP contribution in [0.2, 0.25) is 0 Å². The molecule has 0 atom stereocenters. The lowest BCUT2D eigenvalue weighted by molar-refractivity contribution is -0.120. The molecule has 0 spiro atoms.